The molecule has 1 aliphatic heterocycles. The van der Waals surface area contributed by atoms with Crippen LogP contribution >= 0.6 is 0 Å². The SMILES string of the molecule is COCCN=C(N)C1CN(C)CCN1C. The number of aliphatic imine (C=N–C) groups is 1. The molecule has 0 aliphatic carbocycles. The first-order chi connectivity index (χ1) is 7.15. The molecule has 0 spiro atoms. The molecule has 5 nitrogen and oxygen atoms in total. The van der Waals surface area contributed by atoms with Crippen molar-refractivity contribution in [2.75, 3.05) is 54.0 Å². The van der Waals surface area contributed by atoms with Gasteiger partial charge >= 0.3 is 0 Å². The van der Waals surface area contributed by atoms with Crippen LogP contribution < -0.4 is 5.73 Å². The Morgan fingerprint density at radius 1 is 1.47 bits per heavy atom. The summed E-state index contributed by atoms with van der Waals surface area (Å²) in [6.07, 6.45) is 0. The van der Waals surface area contributed by atoms with Gasteiger partial charge in [-0.15, -0.1) is 0 Å². The third kappa shape index (κ3) is 3.77. The first-order valence-electron chi connectivity index (χ1n) is 5.32. The Morgan fingerprint density at radius 3 is 2.87 bits per heavy atom. The molecule has 0 aromatic carbocycles. The lowest BCUT2D eigenvalue weighted by Crippen LogP contribution is -2.55. The van der Waals surface area contributed by atoms with E-state index in [9.17, 15) is 0 Å². The Balaban J connectivity index is 2.48. The van der Waals surface area contributed by atoms with Crippen LogP contribution in [0.4, 0.5) is 0 Å². The van der Waals surface area contributed by atoms with Crippen LogP contribution in [0.1, 0.15) is 0 Å². The number of hydrogen-bond acceptors (Lipinski definition) is 4. The van der Waals surface area contributed by atoms with E-state index in [-0.39, 0.29) is 6.04 Å². The van der Waals surface area contributed by atoms with Crippen LogP contribution in [0.25, 0.3) is 0 Å². The van der Waals surface area contributed by atoms with Crippen molar-refractivity contribution < 1.29 is 4.74 Å². The highest BCUT2D eigenvalue weighted by Crippen LogP contribution is 2.05. The highest BCUT2D eigenvalue weighted by Gasteiger charge is 2.24. The predicted octanol–water partition coefficient (Wildman–Crippen LogP) is -0.764. The van der Waals surface area contributed by atoms with E-state index in [0.29, 0.717) is 13.2 Å². The van der Waals surface area contributed by atoms with E-state index >= 15 is 0 Å². The molecule has 15 heavy (non-hydrogen) atoms. The number of piperazine rings is 1. The smallest absolute Gasteiger partial charge is 0.113 e. The van der Waals surface area contributed by atoms with Gasteiger partial charge in [-0.2, -0.15) is 0 Å². The van der Waals surface area contributed by atoms with Gasteiger partial charge in [0.1, 0.15) is 5.84 Å². The number of amidine groups is 1. The molecule has 1 fully saturated rings. The van der Waals surface area contributed by atoms with E-state index in [1.165, 1.54) is 0 Å². The van der Waals surface area contributed by atoms with Crippen molar-refractivity contribution in [1.82, 2.24) is 9.80 Å². The van der Waals surface area contributed by atoms with Crippen LogP contribution in [0.5, 0.6) is 0 Å². The lowest BCUT2D eigenvalue weighted by Gasteiger charge is -2.37. The van der Waals surface area contributed by atoms with Crippen molar-refractivity contribution in [3.8, 4) is 0 Å². The summed E-state index contributed by atoms with van der Waals surface area (Å²) in [7, 11) is 5.88. The lowest BCUT2D eigenvalue weighted by atomic mass is 10.1. The maximum absolute atomic E-state index is 5.97. The van der Waals surface area contributed by atoms with Crippen molar-refractivity contribution >= 4 is 5.84 Å². The zero-order valence-corrected chi connectivity index (χ0v) is 9.94. The largest absolute Gasteiger partial charge is 0.386 e. The molecule has 1 unspecified atom stereocenters. The van der Waals surface area contributed by atoms with E-state index in [1.807, 2.05) is 0 Å². The standard InChI is InChI=1S/C10H22N4O/c1-13-5-6-14(2)9(8-13)10(11)12-4-7-15-3/h9H,4-8H2,1-3H3,(H2,11,12). The summed E-state index contributed by atoms with van der Waals surface area (Å²) >= 11 is 0. The first-order valence-corrected chi connectivity index (χ1v) is 5.32. The van der Waals surface area contributed by atoms with Crippen LogP contribution in [0, 0.1) is 0 Å². The molecule has 2 N–H and O–H groups in total. The zero-order chi connectivity index (χ0) is 11.3. The zero-order valence-electron chi connectivity index (χ0n) is 9.94. The van der Waals surface area contributed by atoms with Crippen molar-refractivity contribution in [2.24, 2.45) is 10.7 Å². The molecule has 0 aromatic heterocycles. The molecule has 88 valence electrons. The summed E-state index contributed by atoms with van der Waals surface area (Å²) < 4.78 is 4.94. The first kappa shape index (κ1) is 12.4. The van der Waals surface area contributed by atoms with Gasteiger partial charge < -0.3 is 15.4 Å². The molecule has 0 bridgehead atoms. The molecule has 1 rings (SSSR count). The van der Waals surface area contributed by atoms with Crippen molar-refractivity contribution in [1.29, 1.82) is 0 Å². The molecule has 1 atom stereocenters. The van der Waals surface area contributed by atoms with E-state index in [0.717, 1.165) is 25.5 Å². The number of likely N-dealkylation sites (N-methyl/N-ethyl adjacent to an activating group) is 2. The normalized spacial score (nSPS) is 25.8. The molecule has 5 heteroatoms. The molecule has 1 saturated heterocycles. The number of methoxy groups -OCH3 is 1. The molecular weight excluding hydrogens is 192 g/mol. The Morgan fingerprint density at radius 2 is 2.20 bits per heavy atom. The average molecular weight is 214 g/mol. The molecule has 0 aromatic rings. The maximum Gasteiger partial charge on any atom is 0.113 e. The Bertz CT molecular complexity index is 219. The summed E-state index contributed by atoms with van der Waals surface area (Å²) in [5.74, 6) is 0.723. The molecule has 0 radical (unpaired) electrons. The van der Waals surface area contributed by atoms with Gasteiger partial charge in [0, 0.05) is 26.7 Å². The summed E-state index contributed by atoms with van der Waals surface area (Å²) in [6.45, 7) is 4.38. The van der Waals surface area contributed by atoms with Gasteiger partial charge in [0.05, 0.1) is 19.2 Å². The fourth-order valence-electron chi connectivity index (χ4n) is 1.70. The molecule has 1 aliphatic rings. The van der Waals surface area contributed by atoms with E-state index < -0.39 is 0 Å². The molecule has 0 amide bonds. The second-order valence-electron chi connectivity index (χ2n) is 4.06. The van der Waals surface area contributed by atoms with E-state index in [1.54, 1.807) is 7.11 Å². The number of rotatable bonds is 4. The van der Waals surface area contributed by atoms with Crippen LogP contribution in [-0.4, -0.2) is 75.7 Å². The number of hydrogen-bond donors (Lipinski definition) is 1. The lowest BCUT2D eigenvalue weighted by molar-refractivity contribution is 0.150. The second-order valence-corrected chi connectivity index (χ2v) is 4.06. The van der Waals surface area contributed by atoms with Crippen LogP contribution in [0.15, 0.2) is 4.99 Å². The van der Waals surface area contributed by atoms with Crippen molar-refractivity contribution in [3.05, 3.63) is 0 Å². The number of ether oxygens (including phenoxy) is 1. The second kappa shape index (κ2) is 6.05. The fourth-order valence-corrected chi connectivity index (χ4v) is 1.70. The fraction of sp³-hybridized carbons (Fsp3) is 0.900. The van der Waals surface area contributed by atoms with Crippen LogP contribution in [0.3, 0.4) is 0 Å². The monoisotopic (exact) mass is 214 g/mol. The van der Waals surface area contributed by atoms with Gasteiger partial charge in [-0.05, 0) is 14.1 Å². The summed E-state index contributed by atoms with van der Waals surface area (Å²) in [6, 6.07) is 0.251. The summed E-state index contributed by atoms with van der Waals surface area (Å²) in [5, 5.41) is 0. The molecule has 0 saturated carbocycles. The number of nitrogens with two attached hydrogens (primary N) is 1. The Kier molecular flexibility index (Phi) is 5.01. The van der Waals surface area contributed by atoms with Crippen molar-refractivity contribution in [3.63, 3.8) is 0 Å². The minimum atomic E-state index is 0.251. The van der Waals surface area contributed by atoms with Gasteiger partial charge in [0.25, 0.3) is 0 Å². The third-order valence-electron chi connectivity index (χ3n) is 2.78. The Hall–Kier alpha value is -0.650. The van der Waals surface area contributed by atoms with Crippen molar-refractivity contribution in [2.45, 2.75) is 6.04 Å². The maximum atomic E-state index is 5.97. The summed E-state index contributed by atoms with van der Waals surface area (Å²) in [5.41, 5.74) is 5.97. The van der Waals surface area contributed by atoms with Gasteiger partial charge in [0.15, 0.2) is 0 Å². The van der Waals surface area contributed by atoms with Crippen LogP contribution in [0.2, 0.25) is 0 Å². The van der Waals surface area contributed by atoms with Gasteiger partial charge in [-0.25, -0.2) is 0 Å². The van der Waals surface area contributed by atoms with E-state index in [4.69, 9.17) is 10.5 Å². The number of nitrogens with zero attached hydrogens (tertiary/aromatic N) is 3. The van der Waals surface area contributed by atoms with Gasteiger partial charge in [0.2, 0.25) is 0 Å². The van der Waals surface area contributed by atoms with E-state index in [2.05, 4.69) is 28.9 Å². The third-order valence-corrected chi connectivity index (χ3v) is 2.78. The van der Waals surface area contributed by atoms with Gasteiger partial charge in [-0.1, -0.05) is 0 Å². The average Bonchev–Trinajstić information content (AvgIpc) is 2.22. The predicted molar refractivity (Wildman–Crippen MR) is 62.3 cm³/mol. The summed E-state index contributed by atoms with van der Waals surface area (Å²) in [4.78, 5) is 8.86. The topological polar surface area (TPSA) is 54.1 Å². The van der Waals surface area contributed by atoms with Gasteiger partial charge in [-0.3, -0.25) is 9.89 Å². The minimum Gasteiger partial charge on any atom is -0.386 e. The highest BCUT2D eigenvalue weighted by molar-refractivity contribution is 5.86. The molecular formula is C10H22N4O. The Labute approximate surface area is 91.9 Å². The minimum absolute atomic E-state index is 0.251. The quantitative estimate of drug-likeness (QED) is 0.379. The highest BCUT2D eigenvalue weighted by atomic mass is 16.5. The molecule has 1 heterocycles. The van der Waals surface area contributed by atoms with Crippen LogP contribution in [-0.2, 0) is 4.74 Å².